The highest BCUT2D eigenvalue weighted by Crippen LogP contribution is 2.11. The summed E-state index contributed by atoms with van der Waals surface area (Å²) in [6, 6.07) is 0.726. The van der Waals surface area contributed by atoms with Crippen LogP contribution in [0.4, 0.5) is 0 Å². The van der Waals surface area contributed by atoms with Gasteiger partial charge in [-0.1, -0.05) is 0 Å². The molecule has 1 saturated heterocycles. The summed E-state index contributed by atoms with van der Waals surface area (Å²) in [6.07, 6.45) is 0.485. The zero-order valence-electron chi connectivity index (χ0n) is 11.7. The van der Waals surface area contributed by atoms with Gasteiger partial charge in [0.05, 0.1) is 18.3 Å². The van der Waals surface area contributed by atoms with Gasteiger partial charge in [-0.25, -0.2) is 4.79 Å². The maximum absolute atomic E-state index is 12.2. The Balaban J connectivity index is 2.46. The van der Waals surface area contributed by atoms with Crippen molar-refractivity contribution < 1.29 is 24.2 Å². The summed E-state index contributed by atoms with van der Waals surface area (Å²) in [7, 11) is 2.86. The van der Waals surface area contributed by atoms with Crippen molar-refractivity contribution in [1.82, 2.24) is 9.88 Å². The van der Waals surface area contributed by atoms with Crippen molar-refractivity contribution in [3.05, 3.63) is 33.7 Å². The van der Waals surface area contributed by atoms with Crippen molar-refractivity contribution in [3.63, 3.8) is 0 Å². The number of nitrogens with zero attached hydrogens (tertiary/aromatic N) is 1. The molecule has 0 spiro atoms. The van der Waals surface area contributed by atoms with E-state index in [1.165, 1.54) is 18.8 Å². The van der Waals surface area contributed by atoms with Gasteiger partial charge in [-0.15, -0.1) is 0 Å². The molecule has 1 aromatic heterocycles. The van der Waals surface area contributed by atoms with E-state index in [4.69, 9.17) is 14.6 Å². The van der Waals surface area contributed by atoms with Crippen LogP contribution in [0.2, 0.25) is 0 Å². The Morgan fingerprint density at radius 1 is 1.48 bits per heavy atom. The van der Waals surface area contributed by atoms with Crippen molar-refractivity contribution in [1.29, 1.82) is 0 Å². The van der Waals surface area contributed by atoms with Crippen molar-refractivity contribution in [2.75, 3.05) is 20.8 Å². The molecule has 0 aliphatic carbocycles. The van der Waals surface area contributed by atoms with Crippen LogP contribution in [0.5, 0.6) is 0 Å². The number of carboxylic acid groups (broad SMARTS) is 1. The lowest BCUT2D eigenvalue weighted by Gasteiger charge is -2.18. The van der Waals surface area contributed by atoms with E-state index in [-0.39, 0.29) is 24.1 Å². The summed E-state index contributed by atoms with van der Waals surface area (Å²) < 4.78 is 11.5. The van der Waals surface area contributed by atoms with E-state index < -0.39 is 23.3 Å². The largest absolute Gasteiger partial charge is 0.477 e. The van der Waals surface area contributed by atoms with Crippen molar-refractivity contribution in [3.8, 4) is 0 Å². The number of Topliss-reactive ketones (excluding diaryl/α,β-unsaturated/α-hetero) is 1. The van der Waals surface area contributed by atoms with Crippen LogP contribution < -0.4 is 10.7 Å². The van der Waals surface area contributed by atoms with Crippen molar-refractivity contribution in [2.24, 2.45) is 0 Å². The predicted molar refractivity (Wildman–Crippen MR) is 71.6 cm³/mol. The zero-order chi connectivity index (χ0) is 15.6. The maximum atomic E-state index is 12.2. The minimum absolute atomic E-state index is 0.0986. The Morgan fingerprint density at radius 2 is 2.10 bits per heavy atom. The molecule has 0 unspecified atom stereocenters. The molecule has 0 aromatic carbocycles. The molecule has 2 rings (SSSR count). The standard InChI is InChI=1S/C13H16N2O6/c1-20-11(21-2)6-15-5-7(13(18)19)10(16)3-9(15)12(17)8-4-14-8/h3,5,8,11,14H,4,6H2,1-2H3,(H,18,19)/t8-/m1/s1. The van der Waals surface area contributed by atoms with E-state index in [9.17, 15) is 14.4 Å². The van der Waals surface area contributed by atoms with Gasteiger partial charge in [-0.2, -0.15) is 0 Å². The Bertz CT molecular complexity index is 616. The lowest BCUT2D eigenvalue weighted by molar-refractivity contribution is -0.111. The van der Waals surface area contributed by atoms with Crippen molar-refractivity contribution in [2.45, 2.75) is 18.9 Å². The number of nitrogens with one attached hydrogen (secondary N) is 1. The molecule has 8 heteroatoms. The van der Waals surface area contributed by atoms with Crippen LogP contribution in [0.3, 0.4) is 0 Å². The van der Waals surface area contributed by atoms with Gasteiger partial charge >= 0.3 is 5.97 Å². The number of methoxy groups -OCH3 is 2. The zero-order valence-corrected chi connectivity index (χ0v) is 11.7. The number of aromatic nitrogens is 1. The average Bonchev–Trinajstić information content (AvgIpc) is 3.29. The van der Waals surface area contributed by atoms with Crippen LogP contribution in [0.25, 0.3) is 0 Å². The van der Waals surface area contributed by atoms with Crippen LogP contribution in [0.15, 0.2) is 17.1 Å². The van der Waals surface area contributed by atoms with Gasteiger partial charge in [0.1, 0.15) is 5.56 Å². The first kappa shape index (κ1) is 15.4. The number of ether oxygens (including phenoxy) is 2. The lowest BCUT2D eigenvalue weighted by Crippen LogP contribution is -2.29. The third-order valence-corrected chi connectivity index (χ3v) is 3.21. The fourth-order valence-corrected chi connectivity index (χ4v) is 1.93. The summed E-state index contributed by atoms with van der Waals surface area (Å²) in [5, 5.41) is 11.9. The first-order valence-corrected chi connectivity index (χ1v) is 6.29. The van der Waals surface area contributed by atoms with E-state index >= 15 is 0 Å². The first-order valence-electron chi connectivity index (χ1n) is 6.29. The van der Waals surface area contributed by atoms with Crippen LogP contribution in [-0.4, -0.2) is 54.5 Å². The van der Waals surface area contributed by atoms with E-state index in [0.717, 1.165) is 12.3 Å². The smallest absolute Gasteiger partial charge is 0.341 e. The van der Waals surface area contributed by atoms with Crippen LogP contribution in [0, 0.1) is 0 Å². The molecule has 1 aromatic rings. The molecular weight excluding hydrogens is 280 g/mol. The maximum Gasteiger partial charge on any atom is 0.341 e. The lowest BCUT2D eigenvalue weighted by atomic mass is 10.1. The molecule has 1 aliphatic heterocycles. The predicted octanol–water partition coefficient (Wildman–Crippen LogP) is -0.680. The summed E-state index contributed by atoms with van der Waals surface area (Å²) in [5.41, 5.74) is -0.963. The van der Waals surface area contributed by atoms with Crippen LogP contribution in [0.1, 0.15) is 20.8 Å². The van der Waals surface area contributed by atoms with E-state index in [1.807, 2.05) is 0 Å². The number of carbonyl (C=O) groups excluding carboxylic acids is 1. The second-order valence-corrected chi connectivity index (χ2v) is 4.62. The number of carboxylic acids is 1. The minimum atomic E-state index is -1.34. The number of pyridine rings is 1. The molecule has 0 saturated carbocycles. The summed E-state index contributed by atoms with van der Waals surface area (Å²) in [5.74, 6) is -1.60. The first-order chi connectivity index (χ1) is 9.97. The fourth-order valence-electron chi connectivity index (χ4n) is 1.93. The van der Waals surface area contributed by atoms with Gasteiger partial charge in [-0.3, -0.25) is 9.59 Å². The Labute approximate surface area is 120 Å². The van der Waals surface area contributed by atoms with E-state index in [1.54, 1.807) is 0 Å². The highest BCUT2D eigenvalue weighted by atomic mass is 16.7. The minimum Gasteiger partial charge on any atom is -0.477 e. The van der Waals surface area contributed by atoms with Crippen LogP contribution in [-0.2, 0) is 16.0 Å². The number of ketones is 1. The normalized spacial score (nSPS) is 17.0. The molecule has 0 amide bonds. The van der Waals surface area contributed by atoms with Gasteiger partial charge < -0.3 is 24.5 Å². The molecule has 1 fully saturated rings. The topological polar surface area (TPSA) is 117 Å². The molecule has 8 nitrogen and oxygen atoms in total. The van der Waals surface area contributed by atoms with Crippen molar-refractivity contribution >= 4 is 11.8 Å². The van der Waals surface area contributed by atoms with E-state index in [0.29, 0.717) is 6.54 Å². The van der Waals surface area contributed by atoms with Gasteiger partial charge in [-0.05, 0) is 0 Å². The number of aromatic carboxylic acids is 1. The molecule has 2 N–H and O–H groups in total. The third-order valence-electron chi connectivity index (χ3n) is 3.21. The summed E-state index contributed by atoms with van der Waals surface area (Å²) in [4.78, 5) is 35.0. The molecular formula is C13H16N2O6. The number of hydrogen-bond acceptors (Lipinski definition) is 6. The molecule has 1 atom stereocenters. The highest BCUT2D eigenvalue weighted by molar-refractivity contribution is 6.01. The van der Waals surface area contributed by atoms with Crippen LogP contribution >= 0.6 is 0 Å². The van der Waals surface area contributed by atoms with E-state index in [2.05, 4.69) is 5.32 Å². The Morgan fingerprint density at radius 3 is 2.57 bits per heavy atom. The highest BCUT2D eigenvalue weighted by Gasteiger charge is 2.32. The van der Waals surface area contributed by atoms with Gasteiger partial charge in [0.15, 0.2) is 17.5 Å². The molecule has 1 aliphatic rings. The second kappa shape index (κ2) is 6.17. The Kier molecular flexibility index (Phi) is 4.51. The second-order valence-electron chi connectivity index (χ2n) is 4.62. The molecule has 0 radical (unpaired) electrons. The van der Waals surface area contributed by atoms with Gasteiger partial charge in [0, 0.05) is 33.0 Å². The number of rotatable bonds is 7. The molecule has 21 heavy (non-hydrogen) atoms. The summed E-state index contributed by atoms with van der Waals surface area (Å²) >= 11 is 0. The fraction of sp³-hybridized carbons (Fsp3) is 0.462. The third kappa shape index (κ3) is 3.35. The molecule has 0 bridgehead atoms. The van der Waals surface area contributed by atoms with Gasteiger partial charge in [0.25, 0.3) is 0 Å². The summed E-state index contributed by atoms with van der Waals surface area (Å²) in [6.45, 7) is 0.646. The quantitative estimate of drug-likeness (QED) is 0.389. The average molecular weight is 296 g/mol. The monoisotopic (exact) mass is 296 g/mol. The Hall–Kier alpha value is -2.03. The number of carbonyl (C=O) groups is 2. The number of hydrogen-bond donors (Lipinski definition) is 2. The molecule has 2 heterocycles. The van der Waals surface area contributed by atoms with Gasteiger partial charge in [0.2, 0.25) is 0 Å². The SMILES string of the molecule is COC(Cn1cc(C(=O)O)c(=O)cc1C(=O)[C@H]1CN1)OC. The molecule has 114 valence electrons.